The van der Waals surface area contributed by atoms with Crippen LogP contribution in [-0.4, -0.2) is 37.9 Å². The SMILES string of the molecule is COc1cc(CN2CCC(C)CC2CN)cc2c1OCO2.Cl. The highest BCUT2D eigenvalue weighted by Crippen LogP contribution is 2.42. The fraction of sp³-hybridized carbons (Fsp3) is 0.625. The van der Waals surface area contributed by atoms with Crippen molar-refractivity contribution in [1.29, 1.82) is 0 Å². The summed E-state index contributed by atoms with van der Waals surface area (Å²) in [4.78, 5) is 2.47. The zero-order valence-corrected chi connectivity index (χ0v) is 14.0. The predicted octanol–water partition coefficient (Wildman–Crippen LogP) is 2.40. The lowest BCUT2D eigenvalue weighted by molar-refractivity contribution is 0.115. The summed E-state index contributed by atoms with van der Waals surface area (Å²) in [5.74, 6) is 3.00. The summed E-state index contributed by atoms with van der Waals surface area (Å²) in [6.07, 6.45) is 2.41. The van der Waals surface area contributed by atoms with Gasteiger partial charge in [0, 0.05) is 19.1 Å². The molecule has 0 spiro atoms. The first-order chi connectivity index (χ1) is 10.2. The molecular weight excluding hydrogens is 304 g/mol. The fourth-order valence-corrected chi connectivity index (χ4v) is 3.26. The maximum atomic E-state index is 5.94. The Morgan fingerprint density at radius 3 is 2.91 bits per heavy atom. The molecule has 1 saturated heterocycles. The molecule has 2 aliphatic heterocycles. The van der Waals surface area contributed by atoms with E-state index in [1.54, 1.807) is 7.11 Å². The Bertz CT molecular complexity index is 512. The number of ether oxygens (including phenoxy) is 3. The third-order valence-electron chi connectivity index (χ3n) is 4.48. The van der Waals surface area contributed by atoms with E-state index in [9.17, 15) is 0 Å². The van der Waals surface area contributed by atoms with Crippen molar-refractivity contribution >= 4 is 12.4 Å². The topological polar surface area (TPSA) is 57.0 Å². The molecule has 0 aliphatic carbocycles. The number of nitrogens with two attached hydrogens (primary N) is 1. The molecule has 2 N–H and O–H groups in total. The van der Waals surface area contributed by atoms with Gasteiger partial charge in [-0.2, -0.15) is 0 Å². The molecule has 6 heteroatoms. The second-order valence-electron chi connectivity index (χ2n) is 6.02. The lowest BCUT2D eigenvalue weighted by Crippen LogP contribution is -2.45. The normalized spacial score (nSPS) is 24.0. The highest BCUT2D eigenvalue weighted by Gasteiger charge is 2.26. The number of benzene rings is 1. The monoisotopic (exact) mass is 328 g/mol. The zero-order valence-electron chi connectivity index (χ0n) is 13.2. The van der Waals surface area contributed by atoms with Gasteiger partial charge in [-0.3, -0.25) is 4.90 Å². The Morgan fingerprint density at radius 1 is 1.36 bits per heavy atom. The maximum Gasteiger partial charge on any atom is 0.231 e. The summed E-state index contributed by atoms with van der Waals surface area (Å²) in [5, 5.41) is 0. The van der Waals surface area contributed by atoms with Crippen molar-refractivity contribution in [2.24, 2.45) is 11.7 Å². The summed E-state index contributed by atoms with van der Waals surface area (Å²) in [6.45, 7) is 5.26. The van der Waals surface area contributed by atoms with Gasteiger partial charge in [-0.05, 0) is 43.0 Å². The number of nitrogens with zero attached hydrogens (tertiary/aromatic N) is 1. The van der Waals surface area contributed by atoms with Crippen LogP contribution in [0.1, 0.15) is 25.3 Å². The molecule has 0 radical (unpaired) electrons. The molecule has 0 bridgehead atoms. The molecule has 0 aromatic heterocycles. The number of rotatable bonds is 4. The molecular formula is C16H25ClN2O3. The summed E-state index contributed by atoms with van der Waals surface area (Å²) >= 11 is 0. The van der Waals surface area contributed by atoms with Gasteiger partial charge in [-0.25, -0.2) is 0 Å². The van der Waals surface area contributed by atoms with Crippen LogP contribution in [-0.2, 0) is 6.54 Å². The second kappa shape index (κ2) is 7.40. The van der Waals surface area contributed by atoms with Crippen LogP contribution in [0.15, 0.2) is 12.1 Å². The van der Waals surface area contributed by atoms with Crippen LogP contribution in [0.25, 0.3) is 0 Å². The molecule has 1 aromatic carbocycles. The van der Waals surface area contributed by atoms with E-state index in [4.69, 9.17) is 19.9 Å². The van der Waals surface area contributed by atoms with Crippen LogP contribution in [0, 0.1) is 5.92 Å². The summed E-state index contributed by atoms with van der Waals surface area (Å²) in [6, 6.07) is 4.56. The molecule has 2 unspecified atom stereocenters. The number of fused-ring (bicyclic) bond motifs is 1. The highest BCUT2D eigenvalue weighted by atomic mass is 35.5. The zero-order chi connectivity index (χ0) is 14.8. The van der Waals surface area contributed by atoms with Crippen LogP contribution < -0.4 is 19.9 Å². The van der Waals surface area contributed by atoms with Gasteiger partial charge in [0.2, 0.25) is 12.5 Å². The van der Waals surface area contributed by atoms with Crippen LogP contribution in [0.3, 0.4) is 0 Å². The molecule has 124 valence electrons. The molecule has 2 aliphatic rings. The smallest absolute Gasteiger partial charge is 0.231 e. The van der Waals surface area contributed by atoms with Crippen LogP contribution in [0.2, 0.25) is 0 Å². The van der Waals surface area contributed by atoms with Crippen LogP contribution >= 0.6 is 12.4 Å². The van der Waals surface area contributed by atoms with Crippen molar-refractivity contribution in [3.8, 4) is 17.2 Å². The molecule has 2 heterocycles. The first kappa shape index (κ1) is 17.2. The predicted molar refractivity (Wildman–Crippen MR) is 88.0 cm³/mol. The maximum absolute atomic E-state index is 5.94. The van der Waals surface area contributed by atoms with E-state index in [2.05, 4.69) is 17.9 Å². The lowest BCUT2D eigenvalue weighted by Gasteiger charge is -2.38. The van der Waals surface area contributed by atoms with E-state index in [1.165, 1.54) is 18.4 Å². The van der Waals surface area contributed by atoms with Gasteiger partial charge in [0.1, 0.15) is 0 Å². The number of methoxy groups -OCH3 is 1. The molecule has 1 aromatic rings. The molecule has 0 saturated carbocycles. The Labute approximate surface area is 138 Å². The van der Waals surface area contributed by atoms with Crippen molar-refractivity contribution in [1.82, 2.24) is 4.90 Å². The first-order valence-electron chi connectivity index (χ1n) is 7.62. The number of hydrogen-bond acceptors (Lipinski definition) is 5. The molecule has 22 heavy (non-hydrogen) atoms. The van der Waals surface area contributed by atoms with E-state index in [0.29, 0.717) is 18.3 Å². The second-order valence-corrected chi connectivity index (χ2v) is 6.02. The molecule has 1 fully saturated rings. The first-order valence-corrected chi connectivity index (χ1v) is 7.62. The highest BCUT2D eigenvalue weighted by molar-refractivity contribution is 5.85. The Morgan fingerprint density at radius 2 is 2.18 bits per heavy atom. The Kier molecular flexibility index (Phi) is 5.78. The van der Waals surface area contributed by atoms with Crippen LogP contribution in [0.5, 0.6) is 17.2 Å². The van der Waals surface area contributed by atoms with Gasteiger partial charge in [-0.1, -0.05) is 6.92 Å². The van der Waals surface area contributed by atoms with Crippen molar-refractivity contribution in [3.05, 3.63) is 17.7 Å². The largest absolute Gasteiger partial charge is 0.493 e. The van der Waals surface area contributed by atoms with E-state index >= 15 is 0 Å². The number of likely N-dealkylation sites (tertiary alicyclic amines) is 1. The van der Waals surface area contributed by atoms with Crippen molar-refractivity contribution < 1.29 is 14.2 Å². The van der Waals surface area contributed by atoms with E-state index in [1.807, 2.05) is 6.07 Å². The van der Waals surface area contributed by atoms with E-state index < -0.39 is 0 Å². The summed E-state index contributed by atoms with van der Waals surface area (Å²) in [5.41, 5.74) is 7.13. The molecule has 5 nitrogen and oxygen atoms in total. The van der Waals surface area contributed by atoms with E-state index in [-0.39, 0.29) is 19.2 Å². The molecule has 0 amide bonds. The number of hydrogen-bond donors (Lipinski definition) is 1. The van der Waals surface area contributed by atoms with Gasteiger partial charge in [0.05, 0.1) is 7.11 Å². The fourth-order valence-electron chi connectivity index (χ4n) is 3.26. The number of piperidine rings is 1. The minimum Gasteiger partial charge on any atom is -0.493 e. The van der Waals surface area contributed by atoms with Crippen LogP contribution in [0.4, 0.5) is 0 Å². The van der Waals surface area contributed by atoms with Crippen molar-refractivity contribution in [2.45, 2.75) is 32.4 Å². The standard InChI is InChI=1S/C16H24N2O3.ClH/c1-11-3-4-18(13(5-11)8-17)9-12-6-14(19-2)16-15(7-12)20-10-21-16;/h6-7,11,13H,3-5,8-10,17H2,1-2H3;1H. The van der Waals surface area contributed by atoms with E-state index in [0.717, 1.165) is 30.5 Å². The summed E-state index contributed by atoms with van der Waals surface area (Å²) < 4.78 is 16.3. The Balaban J connectivity index is 0.00000176. The third-order valence-corrected chi connectivity index (χ3v) is 4.48. The van der Waals surface area contributed by atoms with Gasteiger partial charge in [0.25, 0.3) is 0 Å². The number of halogens is 1. The lowest BCUT2D eigenvalue weighted by atomic mass is 9.92. The third kappa shape index (κ3) is 3.42. The minimum absolute atomic E-state index is 0. The van der Waals surface area contributed by atoms with Gasteiger partial charge < -0.3 is 19.9 Å². The Hall–Kier alpha value is -1.17. The molecule has 3 rings (SSSR count). The minimum atomic E-state index is 0. The molecule has 2 atom stereocenters. The van der Waals surface area contributed by atoms with Gasteiger partial charge in [0.15, 0.2) is 11.5 Å². The van der Waals surface area contributed by atoms with Crippen molar-refractivity contribution in [3.63, 3.8) is 0 Å². The van der Waals surface area contributed by atoms with Gasteiger partial charge in [-0.15, -0.1) is 12.4 Å². The van der Waals surface area contributed by atoms with Crippen molar-refractivity contribution in [2.75, 3.05) is 27.0 Å². The average molecular weight is 329 g/mol. The summed E-state index contributed by atoms with van der Waals surface area (Å²) in [7, 11) is 1.66. The quantitative estimate of drug-likeness (QED) is 0.919. The average Bonchev–Trinajstić information content (AvgIpc) is 2.96. The van der Waals surface area contributed by atoms with Gasteiger partial charge >= 0.3 is 0 Å².